The standard InChI is InChI=1S/C10H17F3N2O3/c11-10(12,13)7-18-15-9(16)3-6-17-8-1-4-14-5-2-8/h8,14H,1-7H2,(H,15,16). The number of halogens is 3. The second-order valence-electron chi connectivity index (χ2n) is 4.00. The zero-order valence-electron chi connectivity index (χ0n) is 9.89. The Morgan fingerprint density at radius 3 is 2.61 bits per heavy atom. The first-order valence-corrected chi connectivity index (χ1v) is 5.77. The van der Waals surface area contributed by atoms with Gasteiger partial charge in [-0.15, -0.1) is 0 Å². The van der Waals surface area contributed by atoms with Crippen molar-refractivity contribution in [2.45, 2.75) is 31.5 Å². The highest BCUT2D eigenvalue weighted by Crippen LogP contribution is 2.13. The number of carbonyl (C=O) groups excluding carboxylic acids is 1. The van der Waals surface area contributed by atoms with Gasteiger partial charge >= 0.3 is 6.18 Å². The average molecular weight is 270 g/mol. The number of hydrogen-bond acceptors (Lipinski definition) is 4. The van der Waals surface area contributed by atoms with E-state index in [1.54, 1.807) is 5.48 Å². The molecule has 0 atom stereocenters. The molecule has 0 aromatic heterocycles. The molecule has 0 unspecified atom stereocenters. The van der Waals surface area contributed by atoms with Crippen LogP contribution in [0.3, 0.4) is 0 Å². The van der Waals surface area contributed by atoms with Crippen molar-refractivity contribution < 1.29 is 27.5 Å². The molecule has 0 aliphatic carbocycles. The minimum atomic E-state index is -4.45. The Balaban J connectivity index is 1.99. The summed E-state index contributed by atoms with van der Waals surface area (Å²) >= 11 is 0. The van der Waals surface area contributed by atoms with E-state index in [1.165, 1.54) is 0 Å². The average Bonchev–Trinajstić information content (AvgIpc) is 2.28. The van der Waals surface area contributed by atoms with Gasteiger partial charge in [-0.05, 0) is 25.9 Å². The van der Waals surface area contributed by atoms with Crippen LogP contribution in [0.15, 0.2) is 0 Å². The normalized spacial score (nSPS) is 17.7. The van der Waals surface area contributed by atoms with Crippen molar-refractivity contribution >= 4 is 5.91 Å². The summed E-state index contributed by atoms with van der Waals surface area (Å²) in [6, 6.07) is 0. The molecule has 0 saturated carbocycles. The van der Waals surface area contributed by atoms with E-state index in [1.807, 2.05) is 0 Å². The minimum absolute atomic E-state index is 0.0121. The topological polar surface area (TPSA) is 59.6 Å². The summed E-state index contributed by atoms with van der Waals surface area (Å²) in [6.45, 7) is 0.455. The molecule has 1 rings (SSSR count). The quantitative estimate of drug-likeness (QED) is 0.699. The van der Waals surface area contributed by atoms with Crippen molar-refractivity contribution in [2.75, 3.05) is 26.3 Å². The zero-order valence-corrected chi connectivity index (χ0v) is 9.89. The number of amides is 1. The fraction of sp³-hybridized carbons (Fsp3) is 0.900. The lowest BCUT2D eigenvalue weighted by atomic mass is 10.1. The minimum Gasteiger partial charge on any atom is -0.378 e. The summed E-state index contributed by atoms with van der Waals surface area (Å²) in [5, 5.41) is 3.17. The first kappa shape index (κ1) is 15.2. The number of nitrogens with one attached hydrogen (secondary N) is 2. The van der Waals surface area contributed by atoms with Crippen LogP contribution >= 0.6 is 0 Å². The number of rotatable bonds is 6. The number of alkyl halides is 3. The van der Waals surface area contributed by atoms with Gasteiger partial charge in [0.15, 0.2) is 6.61 Å². The monoisotopic (exact) mass is 270 g/mol. The molecule has 106 valence electrons. The largest absolute Gasteiger partial charge is 0.414 e. The Morgan fingerprint density at radius 1 is 1.33 bits per heavy atom. The molecule has 8 heteroatoms. The van der Waals surface area contributed by atoms with Crippen LogP contribution < -0.4 is 10.8 Å². The molecule has 1 fully saturated rings. The molecule has 0 bridgehead atoms. The summed E-state index contributed by atoms with van der Waals surface area (Å²) in [7, 11) is 0. The third kappa shape index (κ3) is 7.46. The number of hydrogen-bond donors (Lipinski definition) is 2. The second-order valence-corrected chi connectivity index (χ2v) is 4.00. The Hall–Kier alpha value is -0.860. The maximum Gasteiger partial charge on any atom is 0.414 e. The SMILES string of the molecule is O=C(CCOC1CCNCC1)NOCC(F)(F)F. The molecule has 0 aromatic rings. The Bertz CT molecular complexity index is 255. The van der Waals surface area contributed by atoms with E-state index in [0.29, 0.717) is 0 Å². The molecule has 18 heavy (non-hydrogen) atoms. The lowest BCUT2D eigenvalue weighted by Gasteiger charge is -2.22. The molecule has 0 radical (unpaired) electrons. The van der Waals surface area contributed by atoms with Crippen molar-refractivity contribution in [3.8, 4) is 0 Å². The van der Waals surface area contributed by atoms with Gasteiger partial charge in [0.05, 0.1) is 19.1 Å². The molecule has 1 saturated heterocycles. The summed E-state index contributed by atoms with van der Waals surface area (Å²) in [4.78, 5) is 15.1. The van der Waals surface area contributed by atoms with Crippen LogP contribution in [-0.4, -0.2) is 44.5 Å². The molecule has 1 aliphatic heterocycles. The molecular formula is C10H17F3N2O3. The van der Waals surface area contributed by atoms with Gasteiger partial charge < -0.3 is 10.1 Å². The molecule has 1 heterocycles. The Kier molecular flexibility index (Phi) is 6.37. The number of hydroxylamine groups is 1. The van der Waals surface area contributed by atoms with E-state index in [-0.39, 0.29) is 19.1 Å². The van der Waals surface area contributed by atoms with Crippen LogP contribution in [0.1, 0.15) is 19.3 Å². The van der Waals surface area contributed by atoms with E-state index in [0.717, 1.165) is 25.9 Å². The molecule has 2 N–H and O–H groups in total. The lowest BCUT2D eigenvalue weighted by molar-refractivity contribution is -0.192. The third-order valence-electron chi connectivity index (χ3n) is 2.39. The second kappa shape index (κ2) is 7.55. The van der Waals surface area contributed by atoms with E-state index < -0.39 is 18.7 Å². The van der Waals surface area contributed by atoms with Gasteiger partial charge in [0.1, 0.15) is 0 Å². The smallest absolute Gasteiger partial charge is 0.378 e. The fourth-order valence-corrected chi connectivity index (χ4v) is 1.53. The molecular weight excluding hydrogens is 253 g/mol. The summed E-state index contributed by atoms with van der Waals surface area (Å²) in [5.41, 5.74) is 1.73. The summed E-state index contributed by atoms with van der Waals surface area (Å²) in [5.74, 6) is -0.617. The summed E-state index contributed by atoms with van der Waals surface area (Å²) in [6.07, 6.45) is -2.57. The predicted molar refractivity (Wildman–Crippen MR) is 56.6 cm³/mol. The van der Waals surface area contributed by atoms with Crippen molar-refractivity contribution in [1.82, 2.24) is 10.8 Å². The molecule has 5 nitrogen and oxygen atoms in total. The van der Waals surface area contributed by atoms with Gasteiger partial charge in [-0.1, -0.05) is 0 Å². The van der Waals surface area contributed by atoms with Gasteiger partial charge in [-0.2, -0.15) is 13.2 Å². The molecule has 0 aromatic carbocycles. The van der Waals surface area contributed by atoms with Crippen LogP contribution in [0.5, 0.6) is 0 Å². The van der Waals surface area contributed by atoms with E-state index >= 15 is 0 Å². The zero-order chi connectivity index (χ0) is 13.4. The van der Waals surface area contributed by atoms with Crippen molar-refractivity contribution in [3.63, 3.8) is 0 Å². The number of piperidine rings is 1. The Morgan fingerprint density at radius 2 is 2.00 bits per heavy atom. The van der Waals surface area contributed by atoms with Crippen LogP contribution in [0.4, 0.5) is 13.2 Å². The highest BCUT2D eigenvalue weighted by atomic mass is 19.4. The van der Waals surface area contributed by atoms with Crippen LogP contribution in [0, 0.1) is 0 Å². The van der Waals surface area contributed by atoms with Crippen molar-refractivity contribution in [3.05, 3.63) is 0 Å². The van der Waals surface area contributed by atoms with E-state index in [4.69, 9.17) is 4.74 Å². The molecule has 1 amide bonds. The first-order valence-electron chi connectivity index (χ1n) is 5.77. The van der Waals surface area contributed by atoms with E-state index in [2.05, 4.69) is 10.2 Å². The van der Waals surface area contributed by atoms with Crippen LogP contribution in [-0.2, 0) is 14.4 Å². The number of ether oxygens (including phenoxy) is 1. The Labute approximate surface area is 103 Å². The third-order valence-corrected chi connectivity index (χ3v) is 2.39. The summed E-state index contributed by atoms with van der Waals surface area (Å²) < 4.78 is 40.5. The molecule has 0 spiro atoms. The maximum atomic E-state index is 11.7. The highest BCUT2D eigenvalue weighted by molar-refractivity contribution is 5.74. The predicted octanol–water partition coefficient (Wildman–Crippen LogP) is 0.755. The van der Waals surface area contributed by atoms with Gasteiger partial charge in [0.25, 0.3) is 0 Å². The van der Waals surface area contributed by atoms with Crippen molar-refractivity contribution in [1.29, 1.82) is 0 Å². The number of carbonyl (C=O) groups is 1. The fourth-order valence-electron chi connectivity index (χ4n) is 1.53. The van der Waals surface area contributed by atoms with Gasteiger partial charge in [0, 0.05) is 0 Å². The van der Waals surface area contributed by atoms with Crippen molar-refractivity contribution in [2.24, 2.45) is 0 Å². The van der Waals surface area contributed by atoms with Gasteiger partial charge in [-0.25, -0.2) is 5.48 Å². The van der Waals surface area contributed by atoms with Gasteiger partial charge in [-0.3, -0.25) is 9.63 Å². The molecule has 1 aliphatic rings. The van der Waals surface area contributed by atoms with Crippen LogP contribution in [0.25, 0.3) is 0 Å². The van der Waals surface area contributed by atoms with Gasteiger partial charge in [0.2, 0.25) is 5.91 Å². The highest BCUT2D eigenvalue weighted by Gasteiger charge is 2.28. The first-order chi connectivity index (χ1) is 8.47. The lowest BCUT2D eigenvalue weighted by Crippen LogP contribution is -2.34. The maximum absolute atomic E-state index is 11.7. The van der Waals surface area contributed by atoms with E-state index in [9.17, 15) is 18.0 Å². The van der Waals surface area contributed by atoms with Crippen LogP contribution in [0.2, 0.25) is 0 Å².